The summed E-state index contributed by atoms with van der Waals surface area (Å²) < 4.78 is 12.5. The van der Waals surface area contributed by atoms with Crippen molar-refractivity contribution in [3.05, 3.63) is 52.5 Å². The van der Waals surface area contributed by atoms with E-state index < -0.39 is 5.97 Å². The predicted molar refractivity (Wildman–Crippen MR) is 90.9 cm³/mol. The summed E-state index contributed by atoms with van der Waals surface area (Å²) in [5.74, 6) is 0.610. The molecule has 0 N–H and O–H groups in total. The molecule has 0 aliphatic carbocycles. The van der Waals surface area contributed by atoms with Gasteiger partial charge < -0.3 is 9.47 Å². The Hall–Kier alpha value is -2.89. The van der Waals surface area contributed by atoms with Gasteiger partial charge >= 0.3 is 5.97 Å². The normalized spacial score (nSPS) is 15.6. The molecule has 1 aromatic heterocycles. The molecular weight excluding hydrogens is 306 g/mol. The molecule has 0 radical (unpaired) electrons. The maximum Gasteiger partial charge on any atom is 0.363 e. The van der Waals surface area contributed by atoms with Crippen LogP contribution in [0.15, 0.2) is 35.0 Å². The Labute approximate surface area is 140 Å². The molecule has 1 aromatic carbocycles. The largest absolute Gasteiger partial charge is 0.494 e. The van der Waals surface area contributed by atoms with Crippen LogP contribution in [-0.4, -0.2) is 28.3 Å². The van der Waals surface area contributed by atoms with E-state index in [0.29, 0.717) is 12.5 Å². The molecular formula is C18H19N3O3. The van der Waals surface area contributed by atoms with Gasteiger partial charge in [0.15, 0.2) is 5.70 Å². The Balaban J connectivity index is 1.91. The molecule has 0 fully saturated rings. The smallest absolute Gasteiger partial charge is 0.363 e. The number of nitrogens with zero attached hydrogens (tertiary/aromatic N) is 3. The maximum absolute atomic E-state index is 12.1. The van der Waals surface area contributed by atoms with Gasteiger partial charge in [0.1, 0.15) is 5.75 Å². The molecule has 1 aliphatic heterocycles. The molecule has 0 spiro atoms. The number of carbonyl (C=O) groups is 1. The first kappa shape index (κ1) is 16.0. The Bertz CT molecular complexity index is 845. The highest BCUT2D eigenvalue weighted by molar-refractivity contribution is 6.12. The van der Waals surface area contributed by atoms with Gasteiger partial charge in [0.2, 0.25) is 5.90 Å². The molecule has 0 bridgehead atoms. The summed E-state index contributed by atoms with van der Waals surface area (Å²) in [5, 5.41) is 4.34. The second kappa shape index (κ2) is 6.31. The van der Waals surface area contributed by atoms with Gasteiger partial charge in [0, 0.05) is 23.9 Å². The van der Waals surface area contributed by atoms with E-state index in [1.54, 1.807) is 10.8 Å². The Morgan fingerprint density at radius 2 is 1.96 bits per heavy atom. The molecule has 0 saturated heterocycles. The quantitative estimate of drug-likeness (QED) is 0.640. The van der Waals surface area contributed by atoms with Crippen LogP contribution in [0.25, 0.3) is 6.08 Å². The lowest BCUT2D eigenvalue weighted by Gasteiger charge is -2.03. The first-order valence-corrected chi connectivity index (χ1v) is 7.75. The van der Waals surface area contributed by atoms with Crippen LogP contribution < -0.4 is 4.74 Å². The molecule has 124 valence electrons. The van der Waals surface area contributed by atoms with E-state index in [1.807, 2.05) is 52.1 Å². The lowest BCUT2D eigenvalue weighted by molar-refractivity contribution is -0.129. The Morgan fingerprint density at radius 3 is 2.54 bits per heavy atom. The highest BCUT2D eigenvalue weighted by atomic mass is 16.6. The van der Waals surface area contributed by atoms with E-state index in [-0.39, 0.29) is 5.70 Å². The number of aromatic nitrogens is 2. The fraction of sp³-hybridized carbons (Fsp3) is 0.278. The average molecular weight is 325 g/mol. The van der Waals surface area contributed by atoms with Crippen LogP contribution in [0.5, 0.6) is 5.75 Å². The van der Waals surface area contributed by atoms with Gasteiger partial charge in [-0.25, -0.2) is 9.79 Å². The second-order valence-corrected chi connectivity index (χ2v) is 5.50. The Kier molecular flexibility index (Phi) is 4.20. The fourth-order valence-corrected chi connectivity index (χ4v) is 2.53. The standard InChI is InChI=1S/C18H19N3O3/c1-5-23-14-8-6-13(7-9-14)17-19-16(18(22)24-17)10-15-11(2)20-21(4)12(15)3/h6-10H,5H2,1-4H3/b16-10+. The highest BCUT2D eigenvalue weighted by Gasteiger charge is 2.25. The topological polar surface area (TPSA) is 65.7 Å². The molecule has 6 heteroatoms. The van der Waals surface area contributed by atoms with E-state index in [2.05, 4.69) is 10.1 Å². The zero-order valence-corrected chi connectivity index (χ0v) is 14.2. The van der Waals surface area contributed by atoms with Gasteiger partial charge in [0.05, 0.1) is 12.3 Å². The third kappa shape index (κ3) is 2.95. The average Bonchev–Trinajstić information content (AvgIpc) is 3.04. The molecule has 0 saturated carbocycles. The zero-order valence-electron chi connectivity index (χ0n) is 14.2. The van der Waals surface area contributed by atoms with Crippen LogP contribution >= 0.6 is 0 Å². The van der Waals surface area contributed by atoms with Gasteiger partial charge in [0.25, 0.3) is 0 Å². The van der Waals surface area contributed by atoms with Crippen LogP contribution in [0.3, 0.4) is 0 Å². The van der Waals surface area contributed by atoms with Crippen LogP contribution in [0, 0.1) is 13.8 Å². The highest BCUT2D eigenvalue weighted by Crippen LogP contribution is 2.23. The predicted octanol–water partition coefficient (Wildman–Crippen LogP) is 2.78. The number of rotatable bonds is 4. The van der Waals surface area contributed by atoms with Crippen molar-refractivity contribution in [1.82, 2.24) is 9.78 Å². The molecule has 0 unspecified atom stereocenters. The zero-order chi connectivity index (χ0) is 17.3. The van der Waals surface area contributed by atoms with Gasteiger partial charge in [-0.1, -0.05) is 0 Å². The summed E-state index contributed by atoms with van der Waals surface area (Å²) in [6.45, 7) is 6.38. The van der Waals surface area contributed by atoms with Crippen LogP contribution in [-0.2, 0) is 16.6 Å². The second-order valence-electron chi connectivity index (χ2n) is 5.50. The minimum absolute atomic E-state index is 0.276. The van der Waals surface area contributed by atoms with Crippen molar-refractivity contribution < 1.29 is 14.3 Å². The van der Waals surface area contributed by atoms with Crippen LogP contribution in [0.1, 0.15) is 29.4 Å². The van der Waals surface area contributed by atoms with Gasteiger partial charge in [-0.2, -0.15) is 5.10 Å². The first-order valence-electron chi connectivity index (χ1n) is 7.75. The van der Waals surface area contributed by atoms with E-state index in [9.17, 15) is 4.79 Å². The monoisotopic (exact) mass is 325 g/mol. The van der Waals surface area contributed by atoms with E-state index >= 15 is 0 Å². The number of benzene rings is 1. The fourth-order valence-electron chi connectivity index (χ4n) is 2.53. The number of aryl methyl sites for hydroxylation is 2. The SMILES string of the molecule is CCOc1ccc(C2=N/C(=C/c3c(C)nn(C)c3C)C(=O)O2)cc1. The van der Waals surface area contributed by atoms with Crippen molar-refractivity contribution in [3.8, 4) is 5.75 Å². The van der Waals surface area contributed by atoms with E-state index in [0.717, 1.165) is 28.3 Å². The number of cyclic esters (lactones) is 1. The molecule has 0 amide bonds. The van der Waals surface area contributed by atoms with Gasteiger partial charge in [-0.15, -0.1) is 0 Å². The number of hydrogen-bond donors (Lipinski definition) is 0. The van der Waals surface area contributed by atoms with Crippen LogP contribution in [0.2, 0.25) is 0 Å². The third-order valence-corrected chi connectivity index (χ3v) is 3.88. The lowest BCUT2D eigenvalue weighted by Crippen LogP contribution is -2.05. The van der Waals surface area contributed by atoms with Crippen molar-refractivity contribution in [3.63, 3.8) is 0 Å². The van der Waals surface area contributed by atoms with E-state index in [4.69, 9.17) is 9.47 Å². The molecule has 24 heavy (non-hydrogen) atoms. The summed E-state index contributed by atoms with van der Waals surface area (Å²) in [5.41, 5.74) is 3.71. The summed E-state index contributed by atoms with van der Waals surface area (Å²) in [6.07, 6.45) is 1.72. The lowest BCUT2D eigenvalue weighted by atomic mass is 10.1. The molecule has 6 nitrogen and oxygen atoms in total. The molecule has 0 atom stereocenters. The first-order chi connectivity index (χ1) is 11.5. The number of esters is 1. The summed E-state index contributed by atoms with van der Waals surface area (Å²) in [7, 11) is 1.87. The maximum atomic E-state index is 12.1. The third-order valence-electron chi connectivity index (χ3n) is 3.88. The minimum atomic E-state index is -0.457. The molecule has 2 aromatic rings. The van der Waals surface area contributed by atoms with Crippen LogP contribution in [0.4, 0.5) is 0 Å². The van der Waals surface area contributed by atoms with Crippen molar-refractivity contribution in [1.29, 1.82) is 0 Å². The Morgan fingerprint density at radius 1 is 1.25 bits per heavy atom. The summed E-state index contributed by atoms with van der Waals surface area (Å²) in [6, 6.07) is 7.29. The van der Waals surface area contributed by atoms with Gasteiger partial charge in [-0.3, -0.25) is 4.68 Å². The van der Waals surface area contributed by atoms with Gasteiger partial charge in [-0.05, 0) is 51.1 Å². The number of carbonyl (C=O) groups excluding carboxylic acids is 1. The molecule has 1 aliphatic rings. The minimum Gasteiger partial charge on any atom is -0.494 e. The number of ether oxygens (including phenoxy) is 2. The number of aliphatic imine (C=N–C) groups is 1. The van der Waals surface area contributed by atoms with Crippen molar-refractivity contribution >= 4 is 17.9 Å². The molecule has 2 heterocycles. The van der Waals surface area contributed by atoms with E-state index in [1.165, 1.54) is 0 Å². The molecule has 3 rings (SSSR count). The number of hydrogen-bond acceptors (Lipinski definition) is 5. The van der Waals surface area contributed by atoms with Crippen molar-refractivity contribution in [2.24, 2.45) is 12.0 Å². The summed E-state index contributed by atoms with van der Waals surface area (Å²) >= 11 is 0. The van der Waals surface area contributed by atoms with Crippen molar-refractivity contribution in [2.45, 2.75) is 20.8 Å². The van der Waals surface area contributed by atoms with Crippen molar-refractivity contribution in [2.75, 3.05) is 6.61 Å². The summed E-state index contributed by atoms with van der Waals surface area (Å²) in [4.78, 5) is 16.4.